The molecule has 0 heterocycles. The van der Waals surface area contributed by atoms with Crippen molar-refractivity contribution in [1.29, 1.82) is 0 Å². The van der Waals surface area contributed by atoms with E-state index in [0.717, 1.165) is 30.8 Å². The first-order valence-electron chi connectivity index (χ1n) is 11.1. The lowest BCUT2D eigenvalue weighted by Gasteiger charge is -2.36. The third-order valence-corrected chi connectivity index (χ3v) is 5.92. The zero-order valence-electron chi connectivity index (χ0n) is 19.2. The Morgan fingerprint density at radius 2 is 1.22 bits per heavy atom. The Labute approximate surface area is 191 Å². The van der Waals surface area contributed by atoms with E-state index in [1.54, 1.807) is 14.2 Å². The van der Waals surface area contributed by atoms with Crippen LogP contribution in [0.3, 0.4) is 0 Å². The topological polar surface area (TPSA) is 44.8 Å². The molecular formula is C28H32O4. The van der Waals surface area contributed by atoms with Gasteiger partial charge in [0.05, 0.1) is 20.8 Å². The second-order valence-corrected chi connectivity index (χ2v) is 7.74. The lowest BCUT2D eigenvalue weighted by molar-refractivity contribution is -0.143. The van der Waals surface area contributed by atoms with Crippen molar-refractivity contribution in [2.45, 2.75) is 38.0 Å². The van der Waals surface area contributed by atoms with Gasteiger partial charge in [-0.05, 0) is 60.7 Å². The average molecular weight is 433 g/mol. The fourth-order valence-electron chi connectivity index (χ4n) is 4.30. The normalized spacial score (nSPS) is 11.1. The molecule has 3 aromatic carbocycles. The number of carbonyl (C=O) groups is 1. The monoisotopic (exact) mass is 432 g/mol. The first kappa shape index (κ1) is 23.4. The first-order valence-corrected chi connectivity index (χ1v) is 11.1. The molecule has 0 aliphatic carbocycles. The first-order chi connectivity index (χ1) is 15.6. The van der Waals surface area contributed by atoms with Crippen molar-refractivity contribution >= 4 is 5.97 Å². The van der Waals surface area contributed by atoms with Crippen LogP contribution < -0.4 is 9.47 Å². The number of esters is 1. The SMILES string of the molecule is CCOC(=O)CCCCC(c1ccccc1)(c1ccc(OC)cc1)c1ccc(OC)cc1. The van der Waals surface area contributed by atoms with E-state index >= 15 is 0 Å². The van der Waals surface area contributed by atoms with E-state index in [1.807, 2.05) is 37.3 Å². The smallest absolute Gasteiger partial charge is 0.305 e. The van der Waals surface area contributed by atoms with Crippen molar-refractivity contribution < 1.29 is 19.0 Å². The molecule has 4 nitrogen and oxygen atoms in total. The molecule has 0 unspecified atom stereocenters. The predicted octanol–water partition coefficient (Wildman–Crippen LogP) is 6.16. The van der Waals surface area contributed by atoms with Crippen molar-refractivity contribution in [3.8, 4) is 11.5 Å². The van der Waals surface area contributed by atoms with E-state index in [1.165, 1.54) is 16.7 Å². The molecule has 0 atom stereocenters. The highest BCUT2D eigenvalue weighted by Gasteiger charge is 2.36. The third kappa shape index (κ3) is 5.31. The maximum Gasteiger partial charge on any atom is 0.305 e. The van der Waals surface area contributed by atoms with Gasteiger partial charge in [-0.2, -0.15) is 0 Å². The minimum atomic E-state index is -0.367. The van der Waals surface area contributed by atoms with Crippen molar-refractivity contribution in [3.63, 3.8) is 0 Å². The highest BCUT2D eigenvalue weighted by molar-refractivity contribution is 5.69. The highest BCUT2D eigenvalue weighted by atomic mass is 16.5. The van der Waals surface area contributed by atoms with Gasteiger partial charge in [0.1, 0.15) is 11.5 Å². The van der Waals surface area contributed by atoms with Crippen molar-refractivity contribution in [2.75, 3.05) is 20.8 Å². The minimum absolute atomic E-state index is 0.133. The number of benzene rings is 3. The minimum Gasteiger partial charge on any atom is -0.497 e. The molecule has 0 aliphatic heterocycles. The van der Waals surface area contributed by atoms with Crippen LogP contribution in [0.15, 0.2) is 78.9 Å². The fraction of sp³-hybridized carbons (Fsp3) is 0.321. The molecule has 0 saturated carbocycles. The number of ether oxygens (including phenoxy) is 3. The van der Waals surface area contributed by atoms with Crippen LogP contribution in [0.1, 0.15) is 49.3 Å². The summed E-state index contributed by atoms with van der Waals surface area (Å²) >= 11 is 0. The van der Waals surface area contributed by atoms with Gasteiger partial charge in [0, 0.05) is 11.8 Å². The van der Waals surface area contributed by atoms with Gasteiger partial charge in [-0.3, -0.25) is 4.79 Å². The quantitative estimate of drug-likeness (QED) is 0.207. The second-order valence-electron chi connectivity index (χ2n) is 7.74. The Morgan fingerprint density at radius 1 is 0.719 bits per heavy atom. The van der Waals surface area contributed by atoms with E-state index in [0.29, 0.717) is 13.0 Å². The Hall–Kier alpha value is -3.27. The zero-order valence-corrected chi connectivity index (χ0v) is 19.2. The Bertz CT molecular complexity index is 915. The molecule has 0 bridgehead atoms. The summed E-state index contributed by atoms with van der Waals surface area (Å²) in [4.78, 5) is 11.9. The van der Waals surface area contributed by atoms with Crippen LogP contribution in [0.5, 0.6) is 11.5 Å². The van der Waals surface area contributed by atoms with E-state index in [2.05, 4.69) is 48.5 Å². The zero-order chi connectivity index (χ0) is 22.8. The molecule has 32 heavy (non-hydrogen) atoms. The molecule has 0 saturated heterocycles. The average Bonchev–Trinajstić information content (AvgIpc) is 2.85. The number of methoxy groups -OCH3 is 2. The van der Waals surface area contributed by atoms with Gasteiger partial charge in [-0.15, -0.1) is 0 Å². The summed E-state index contributed by atoms with van der Waals surface area (Å²) in [5, 5.41) is 0. The van der Waals surface area contributed by atoms with Crippen LogP contribution in [0.25, 0.3) is 0 Å². The molecule has 0 radical (unpaired) electrons. The standard InChI is InChI=1S/C28H32O4/c1-4-32-27(29)12-8-9-21-28(22-10-6-5-7-11-22,23-13-17-25(30-2)18-14-23)24-15-19-26(31-3)20-16-24/h5-7,10-11,13-20H,4,8-9,12,21H2,1-3H3. The summed E-state index contributed by atoms with van der Waals surface area (Å²) < 4.78 is 15.9. The predicted molar refractivity (Wildman–Crippen MR) is 127 cm³/mol. The summed E-state index contributed by atoms with van der Waals surface area (Å²) in [6.07, 6.45) is 2.95. The van der Waals surface area contributed by atoms with Gasteiger partial charge in [-0.25, -0.2) is 0 Å². The van der Waals surface area contributed by atoms with Gasteiger partial charge < -0.3 is 14.2 Å². The Morgan fingerprint density at radius 3 is 1.69 bits per heavy atom. The number of rotatable bonds is 11. The summed E-state index contributed by atoms with van der Waals surface area (Å²) in [7, 11) is 3.36. The molecule has 0 spiro atoms. The van der Waals surface area contributed by atoms with Gasteiger partial charge in [0.15, 0.2) is 0 Å². The molecular weight excluding hydrogens is 400 g/mol. The van der Waals surface area contributed by atoms with E-state index in [-0.39, 0.29) is 11.4 Å². The number of carbonyl (C=O) groups excluding carboxylic acids is 1. The van der Waals surface area contributed by atoms with Crippen LogP contribution in [0.4, 0.5) is 0 Å². The summed E-state index contributed by atoms with van der Waals surface area (Å²) in [5.74, 6) is 1.52. The third-order valence-electron chi connectivity index (χ3n) is 5.92. The lowest BCUT2D eigenvalue weighted by Crippen LogP contribution is -2.29. The second kappa shape index (κ2) is 11.4. The number of unbranched alkanes of at least 4 members (excludes halogenated alkanes) is 1. The van der Waals surface area contributed by atoms with Gasteiger partial charge >= 0.3 is 5.97 Å². The molecule has 0 amide bonds. The molecule has 4 heteroatoms. The Kier molecular flexibility index (Phi) is 8.32. The highest BCUT2D eigenvalue weighted by Crippen LogP contribution is 2.44. The van der Waals surface area contributed by atoms with Crippen LogP contribution in [-0.2, 0) is 14.9 Å². The van der Waals surface area contributed by atoms with Gasteiger partial charge in [0.2, 0.25) is 0 Å². The largest absolute Gasteiger partial charge is 0.497 e. The molecule has 3 rings (SSSR count). The van der Waals surface area contributed by atoms with Crippen LogP contribution in [0.2, 0.25) is 0 Å². The molecule has 0 aliphatic rings. The summed E-state index contributed by atoms with van der Waals surface area (Å²) in [6.45, 7) is 2.26. The van der Waals surface area contributed by atoms with E-state index in [9.17, 15) is 4.79 Å². The molecule has 0 aromatic heterocycles. The van der Waals surface area contributed by atoms with Crippen molar-refractivity contribution in [3.05, 3.63) is 95.6 Å². The molecule has 0 N–H and O–H groups in total. The Balaban J connectivity index is 2.05. The number of hydrogen-bond donors (Lipinski definition) is 0. The maximum atomic E-state index is 11.9. The van der Waals surface area contributed by atoms with E-state index < -0.39 is 0 Å². The summed E-state index contributed by atoms with van der Waals surface area (Å²) in [5.41, 5.74) is 3.22. The molecule has 168 valence electrons. The van der Waals surface area contributed by atoms with Crippen LogP contribution >= 0.6 is 0 Å². The maximum absolute atomic E-state index is 11.9. The van der Waals surface area contributed by atoms with E-state index in [4.69, 9.17) is 14.2 Å². The van der Waals surface area contributed by atoms with Gasteiger partial charge in [-0.1, -0.05) is 61.0 Å². The van der Waals surface area contributed by atoms with Crippen molar-refractivity contribution in [1.82, 2.24) is 0 Å². The van der Waals surface area contributed by atoms with Gasteiger partial charge in [0.25, 0.3) is 0 Å². The van der Waals surface area contributed by atoms with Crippen LogP contribution in [-0.4, -0.2) is 26.8 Å². The number of hydrogen-bond acceptors (Lipinski definition) is 4. The lowest BCUT2D eigenvalue weighted by atomic mass is 9.66. The van der Waals surface area contributed by atoms with Crippen molar-refractivity contribution in [2.24, 2.45) is 0 Å². The molecule has 0 fully saturated rings. The van der Waals surface area contributed by atoms with Crippen LogP contribution in [0, 0.1) is 0 Å². The fourth-order valence-corrected chi connectivity index (χ4v) is 4.30. The molecule has 3 aromatic rings. The summed E-state index contributed by atoms with van der Waals surface area (Å²) in [6, 6.07) is 27.2.